The Labute approximate surface area is 117 Å². The third-order valence-corrected chi connectivity index (χ3v) is 2.91. The van der Waals surface area contributed by atoms with Crippen molar-refractivity contribution in [3.8, 4) is 5.75 Å². The van der Waals surface area contributed by atoms with Gasteiger partial charge in [-0.2, -0.15) is 0 Å². The van der Waals surface area contributed by atoms with Gasteiger partial charge in [-0.15, -0.1) is 0 Å². The van der Waals surface area contributed by atoms with Gasteiger partial charge in [0.05, 0.1) is 0 Å². The van der Waals surface area contributed by atoms with Crippen molar-refractivity contribution in [3.63, 3.8) is 0 Å². The number of hydrogen-bond acceptors (Lipinski definition) is 3. The fraction of sp³-hybridized carbons (Fsp3) is 0.188. The van der Waals surface area contributed by atoms with Crippen molar-refractivity contribution < 1.29 is 19.7 Å². The standard InChI is InChI=1S/C16H16O4/c17-14(16(18)19)10-13-8-4-5-9-15(13)20-11-12-6-2-1-3-7-12/h1-9,14,17H,10-11H2,(H,18,19)/t14-/m1/s1. The number of carbonyl (C=O) groups is 1. The molecule has 104 valence electrons. The molecule has 4 heteroatoms. The van der Waals surface area contributed by atoms with Gasteiger partial charge in [0.15, 0.2) is 6.10 Å². The zero-order valence-corrected chi connectivity index (χ0v) is 10.9. The molecule has 0 aromatic heterocycles. The molecule has 0 aliphatic rings. The summed E-state index contributed by atoms with van der Waals surface area (Å²) in [4.78, 5) is 10.7. The summed E-state index contributed by atoms with van der Waals surface area (Å²) in [5, 5.41) is 18.2. The highest BCUT2D eigenvalue weighted by Gasteiger charge is 2.16. The minimum absolute atomic E-state index is 0.0281. The summed E-state index contributed by atoms with van der Waals surface area (Å²) < 4.78 is 5.70. The van der Waals surface area contributed by atoms with E-state index < -0.39 is 12.1 Å². The van der Waals surface area contributed by atoms with E-state index in [1.807, 2.05) is 36.4 Å². The highest BCUT2D eigenvalue weighted by molar-refractivity contribution is 5.72. The van der Waals surface area contributed by atoms with Crippen LogP contribution in [0.15, 0.2) is 54.6 Å². The lowest BCUT2D eigenvalue weighted by Crippen LogP contribution is -2.22. The number of rotatable bonds is 6. The third kappa shape index (κ3) is 3.83. The SMILES string of the molecule is O=C(O)[C@H](O)Cc1ccccc1OCc1ccccc1. The van der Waals surface area contributed by atoms with Crippen LogP contribution in [-0.4, -0.2) is 22.3 Å². The molecule has 0 heterocycles. The topological polar surface area (TPSA) is 66.8 Å². The Balaban J connectivity index is 2.06. The Morgan fingerprint density at radius 1 is 1.05 bits per heavy atom. The van der Waals surface area contributed by atoms with Crippen molar-refractivity contribution in [1.29, 1.82) is 0 Å². The summed E-state index contributed by atoms with van der Waals surface area (Å²) in [6.45, 7) is 0.404. The molecule has 0 aliphatic carbocycles. The molecular weight excluding hydrogens is 256 g/mol. The van der Waals surface area contributed by atoms with Gasteiger partial charge in [-0.05, 0) is 17.2 Å². The number of aliphatic hydroxyl groups is 1. The minimum Gasteiger partial charge on any atom is -0.489 e. The van der Waals surface area contributed by atoms with Gasteiger partial charge in [-0.25, -0.2) is 4.79 Å². The molecule has 20 heavy (non-hydrogen) atoms. The normalized spacial score (nSPS) is 11.8. The van der Waals surface area contributed by atoms with Crippen LogP contribution < -0.4 is 4.74 Å². The van der Waals surface area contributed by atoms with E-state index in [2.05, 4.69) is 0 Å². The highest BCUT2D eigenvalue weighted by Crippen LogP contribution is 2.21. The van der Waals surface area contributed by atoms with Gasteiger partial charge in [0, 0.05) is 6.42 Å². The fourth-order valence-electron chi connectivity index (χ4n) is 1.84. The fourth-order valence-corrected chi connectivity index (χ4v) is 1.84. The number of carboxylic acids is 1. The molecular formula is C16H16O4. The minimum atomic E-state index is -1.42. The van der Waals surface area contributed by atoms with Crippen LogP contribution in [0, 0.1) is 0 Å². The van der Waals surface area contributed by atoms with Crippen molar-refractivity contribution >= 4 is 5.97 Å². The second kappa shape index (κ2) is 6.73. The number of ether oxygens (including phenoxy) is 1. The molecule has 0 aliphatic heterocycles. The lowest BCUT2D eigenvalue weighted by Gasteiger charge is -2.12. The zero-order chi connectivity index (χ0) is 14.4. The first-order valence-electron chi connectivity index (χ1n) is 6.32. The molecule has 2 N–H and O–H groups in total. The number of hydrogen-bond donors (Lipinski definition) is 2. The van der Waals surface area contributed by atoms with Crippen LogP contribution in [0.1, 0.15) is 11.1 Å². The van der Waals surface area contributed by atoms with Gasteiger partial charge in [-0.1, -0.05) is 48.5 Å². The molecule has 0 saturated carbocycles. The summed E-state index contributed by atoms with van der Waals surface area (Å²) >= 11 is 0. The monoisotopic (exact) mass is 272 g/mol. The van der Waals surface area contributed by atoms with E-state index in [9.17, 15) is 9.90 Å². The smallest absolute Gasteiger partial charge is 0.332 e. The summed E-state index contributed by atoms with van der Waals surface area (Å²) in [6.07, 6.45) is -1.39. The van der Waals surface area contributed by atoms with E-state index in [4.69, 9.17) is 9.84 Å². The van der Waals surface area contributed by atoms with E-state index >= 15 is 0 Å². The van der Waals surface area contributed by atoms with Crippen LogP contribution in [0.4, 0.5) is 0 Å². The number of carboxylic acid groups (broad SMARTS) is 1. The van der Waals surface area contributed by atoms with Crippen molar-refractivity contribution in [3.05, 3.63) is 65.7 Å². The molecule has 2 aromatic rings. The summed E-state index contributed by atoms with van der Waals surface area (Å²) in [6, 6.07) is 16.8. The van der Waals surface area contributed by atoms with E-state index in [0.29, 0.717) is 17.9 Å². The first kappa shape index (κ1) is 14.1. The van der Waals surface area contributed by atoms with Crippen molar-refractivity contribution in [2.24, 2.45) is 0 Å². The second-order valence-electron chi connectivity index (χ2n) is 4.44. The predicted molar refractivity (Wildman–Crippen MR) is 74.6 cm³/mol. The van der Waals surface area contributed by atoms with E-state index in [1.165, 1.54) is 0 Å². The van der Waals surface area contributed by atoms with Gasteiger partial charge in [0.1, 0.15) is 12.4 Å². The van der Waals surface area contributed by atoms with Crippen LogP contribution in [0.3, 0.4) is 0 Å². The van der Waals surface area contributed by atoms with Crippen LogP contribution in [0.5, 0.6) is 5.75 Å². The predicted octanol–water partition coefficient (Wildman–Crippen LogP) is 2.25. The van der Waals surface area contributed by atoms with Crippen molar-refractivity contribution in [1.82, 2.24) is 0 Å². The summed E-state index contributed by atoms with van der Waals surface area (Å²) in [5.74, 6) is -0.639. The van der Waals surface area contributed by atoms with Crippen LogP contribution >= 0.6 is 0 Å². The summed E-state index contributed by atoms with van der Waals surface area (Å²) in [5.41, 5.74) is 1.71. The largest absolute Gasteiger partial charge is 0.489 e. The molecule has 0 saturated heterocycles. The molecule has 0 amide bonds. The summed E-state index contributed by atoms with van der Waals surface area (Å²) in [7, 11) is 0. The van der Waals surface area contributed by atoms with Crippen molar-refractivity contribution in [2.75, 3.05) is 0 Å². The Bertz CT molecular complexity index is 566. The van der Waals surface area contributed by atoms with Crippen LogP contribution in [-0.2, 0) is 17.8 Å². The zero-order valence-electron chi connectivity index (χ0n) is 10.9. The first-order valence-corrected chi connectivity index (χ1v) is 6.32. The maximum Gasteiger partial charge on any atom is 0.332 e. The third-order valence-electron chi connectivity index (χ3n) is 2.91. The quantitative estimate of drug-likeness (QED) is 0.846. The van der Waals surface area contributed by atoms with Gasteiger partial charge in [-0.3, -0.25) is 0 Å². The lowest BCUT2D eigenvalue weighted by atomic mass is 10.1. The second-order valence-corrected chi connectivity index (χ2v) is 4.44. The average molecular weight is 272 g/mol. The molecule has 1 atom stereocenters. The molecule has 0 fully saturated rings. The highest BCUT2D eigenvalue weighted by atomic mass is 16.5. The van der Waals surface area contributed by atoms with Crippen molar-refractivity contribution in [2.45, 2.75) is 19.1 Å². The molecule has 0 radical (unpaired) electrons. The van der Waals surface area contributed by atoms with Gasteiger partial charge >= 0.3 is 5.97 Å². The number of benzene rings is 2. The maximum absolute atomic E-state index is 10.7. The Hall–Kier alpha value is -2.33. The first-order chi connectivity index (χ1) is 9.66. The molecule has 0 unspecified atom stereocenters. The maximum atomic E-state index is 10.7. The number of aliphatic hydroxyl groups excluding tert-OH is 1. The number of para-hydroxylation sites is 1. The van der Waals surface area contributed by atoms with E-state index in [1.54, 1.807) is 18.2 Å². The molecule has 0 bridgehead atoms. The molecule has 2 aromatic carbocycles. The Morgan fingerprint density at radius 3 is 2.40 bits per heavy atom. The van der Waals surface area contributed by atoms with Gasteiger partial charge in [0.2, 0.25) is 0 Å². The molecule has 4 nitrogen and oxygen atoms in total. The Morgan fingerprint density at radius 2 is 1.70 bits per heavy atom. The van der Waals surface area contributed by atoms with Crippen LogP contribution in [0.2, 0.25) is 0 Å². The number of aliphatic carboxylic acids is 1. The van der Waals surface area contributed by atoms with E-state index in [0.717, 1.165) is 5.56 Å². The molecule has 2 rings (SSSR count). The lowest BCUT2D eigenvalue weighted by molar-refractivity contribution is -0.146. The Kier molecular flexibility index (Phi) is 4.74. The average Bonchev–Trinajstić information content (AvgIpc) is 2.47. The molecule has 0 spiro atoms. The van der Waals surface area contributed by atoms with Gasteiger partial charge in [0.25, 0.3) is 0 Å². The van der Waals surface area contributed by atoms with Crippen LogP contribution in [0.25, 0.3) is 0 Å². The van der Waals surface area contributed by atoms with Gasteiger partial charge < -0.3 is 14.9 Å². The van der Waals surface area contributed by atoms with E-state index in [-0.39, 0.29) is 6.42 Å².